The summed E-state index contributed by atoms with van der Waals surface area (Å²) in [6.45, 7) is 2.22. The minimum absolute atomic E-state index is 0.537. The molecule has 0 fully saturated rings. The number of hydrogen-bond donors (Lipinski definition) is 1. The van der Waals surface area contributed by atoms with Crippen molar-refractivity contribution in [3.63, 3.8) is 0 Å². The Morgan fingerprint density at radius 3 is 2.43 bits per heavy atom. The topological polar surface area (TPSA) is 0 Å². The molecule has 0 aromatic rings. The summed E-state index contributed by atoms with van der Waals surface area (Å²) in [7, 11) is 0. The lowest BCUT2D eigenvalue weighted by Gasteiger charge is -1.96. The van der Waals surface area contributed by atoms with E-state index in [1.165, 1.54) is 6.42 Å². The Hall–Kier alpha value is 0.0900. The van der Waals surface area contributed by atoms with Crippen LogP contribution in [0.1, 0.15) is 13.3 Å². The van der Waals surface area contributed by atoms with E-state index in [0.717, 1.165) is 5.92 Å². The fourth-order valence-electron chi connectivity index (χ4n) is 0.856. The van der Waals surface area contributed by atoms with Crippen LogP contribution in [0.5, 0.6) is 0 Å². The number of hydrogen-bond acceptors (Lipinski definition) is 1. The molecule has 1 aliphatic carbocycles. The van der Waals surface area contributed by atoms with E-state index >= 15 is 0 Å². The average molecular weight is 114 g/mol. The molecule has 0 N–H and O–H groups in total. The highest BCUT2D eigenvalue weighted by Gasteiger charge is 2.09. The van der Waals surface area contributed by atoms with Crippen molar-refractivity contribution < 1.29 is 0 Å². The molecule has 0 spiro atoms. The van der Waals surface area contributed by atoms with Gasteiger partial charge in [0.25, 0.3) is 0 Å². The SMILES string of the molecule is CC1C=CC(S)C1. The van der Waals surface area contributed by atoms with Crippen LogP contribution in [-0.2, 0) is 0 Å². The van der Waals surface area contributed by atoms with Gasteiger partial charge in [-0.15, -0.1) is 0 Å². The van der Waals surface area contributed by atoms with Crippen LogP contribution in [0.3, 0.4) is 0 Å². The van der Waals surface area contributed by atoms with Gasteiger partial charge in [-0.2, -0.15) is 12.6 Å². The van der Waals surface area contributed by atoms with Crippen LogP contribution < -0.4 is 0 Å². The van der Waals surface area contributed by atoms with Crippen LogP contribution in [0.2, 0.25) is 0 Å². The van der Waals surface area contributed by atoms with Gasteiger partial charge in [0.1, 0.15) is 0 Å². The highest BCUT2D eigenvalue weighted by atomic mass is 32.1. The number of allylic oxidation sites excluding steroid dienone is 1. The lowest BCUT2D eigenvalue weighted by atomic mass is 10.2. The first-order valence-electron chi connectivity index (χ1n) is 2.65. The van der Waals surface area contributed by atoms with Gasteiger partial charge in [-0.25, -0.2) is 0 Å². The molecule has 7 heavy (non-hydrogen) atoms. The molecule has 0 aliphatic heterocycles. The van der Waals surface area contributed by atoms with Gasteiger partial charge in [-0.05, 0) is 12.3 Å². The zero-order chi connectivity index (χ0) is 5.28. The van der Waals surface area contributed by atoms with Crippen molar-refractivity contribution in [2.45, 2.75) is 18.6 Å². The monoisotopic (exact) mass is 114 g/mol. The number of thiol groups is 1. The van der Waals surface area contributed by atoms with Crippen molar-refractivity contribution in [3.05, 3.63) is 12.2 Å². The Morgan fingerprint density at radius 1 is 1.57 bits per heavy atom. The normalized spacial score (nSPS) is 39.7. The summed E-state index contributed by atoms with van der Waals surface area (Å²) in [6, 6.07) is 0. The van der Waals surface area contributed by atoms with Gasteiger partial charge in [-0.3, -0.25) is 0 Å². The standard InChI is InChI=1S/C6H10S/c1-5-2-3-6(7)4-5/h2-3,5-7H,4H2,1H3. The molecule has 0 saturated heterocycles. The van der Waals surface area contributed by atoms with Gasteiger partial charge in [0.05, 0.1) is 0 Å². The largest absolute Gasteiger partial charge is 0.172 e. The van der Waals surface area contributed by atoms with Crippen LogP contribution >= 0.6 is 12.6 Å². The molecular formula is C6H10S. The van der Waals surface area contributed by atoms with E-state index in [-0.39, 0.29) is 0 Å². The summed E-state index contributed by atoms with van der Waals surface area (Å²) in [4.78, 5) is 0. The molecule has 2 atom stereocenters. The van der Waals surface area contributed by atoms with E-state index in [9.17, 15) is 0 Å². The van der Waals surface area contributed by atoms with E-state index in [1.54, 1.807) is 0 Å². The first kappa shape index (κ1) is 5.23. The summed E-state index contributed by atoms with van der Waals surface area (Å²) in [5.74, 6) is 0.766. The van der Waals surface area contributed by atoms with Gasteiger partial charge in [0, 0.05) is 5.25 Å². The molecule has 1 heteroatoms. The highest BCUT2D eigenvalue weighted by Crippen LogP contribution is 2.20. The van der Waals surface area contributed by atoms with Crippen LogP contribution in [0.4, 0.5) is 0 Å². The predicted octanol–water partition coefficient (Wildman–Crippen LogP) is 1.88. The third-order valence-corrected chi connectivity index (χ3v) is 1.66. The molecule has 0 amide bonds. The Kier molecular flexibility index (Phi) is 1.43. The zero-order valence-electron chi connectivity index (χ0n) is 4.46. The maximum atomic E-state index is 4.26. The molecule has 1 aliphatic rings. The molecule has 1 rings (SSSR count). The van der Waals surface area contributed by atoms with Crippen LogP contribution in [0.25, 0.3) is 0 Å². The van der Waals surface area contributed by atoms with Crippen molar-refractivity contribution in [3.8, 4) is 0 Å². The maximum absolute atomic E-state index is 4.26. The third-order valence-electron chi connectivity index (χ3n) is 1.28. The van der Waals surface area contributed by atoms with Crippen molar-refractivity contribution >= 4 is 12.6 Å². The fraction of sp³-hybridized carbons (Fsp3) is 0.667. The summed E-state index contributed by atoms with van der Waals surface area (Å²) >= 11 is 4.26. The molecule has 0 heterocycles. The Labute approximate surface area is 50.0 Å². The molecule has 0 aromatic carbocycles. The van der Waals surface area contributed by atoms with Crippen molar-refractivity contribution in [2.75, 3.05) is 0 Å². The first-order chi connectivity index (χ1) is 3.29. The molecule has 0 bridgehead atoms. The van der Waals surface area contributed by atoms with Crippen LogP contribution in [0.15, 0.2) is 12.2 Å². The highest BCUT2D eigenvalue weighted by molar-refractivity contribution is 7.81. The van der Waals surface area contributed by atoms with Gasteiger partial charge in [-0.1, -0.05) is 19.1 Å². The molecular weight excluding hydrogens is 104 g/mol. The molecule has 0 aromatic heterocycles. The van der Waals surface area contributed by atoms with Crippen molar-refractivity contribution in [1.29, 1.82) is 0 Å². The Bertz CT molecular complexity index is 76.2. The van der Waals surface area contributed by atoms with E-state index in [2.05, 4.69) is 31.7 Å². The molecule has 0 saturated carbocycles. The van der Waals surface area contributed by atoms with E-state index in [4.69, 9.17) is 0 Å². The van der Waals surface area contributed by atoms with E-state index in [1.807, 2.05) is 0 Å². The second-order valence-corrected chi connectivity index (χ2v) is 2.83. The average Bonchev–Trinajstić information content (AvgIpc) is 1.87. The second kappa shape index (κ2) is 1.91. The first-order valence-corrected chi connectivity index (χ1v) is 3.17. The van der Waals surface area contributed by atoms with Gasteiger partial charge in [0.15, 0.2) is 0 Å². The molecule has 2 unspecified atom stereocenters. The summed E-state index contributed by atoms with van der Waals surface area (Å²) in [6.07, 6.45) is 5.61. The lowest BCUT2D eigenvalue weighted by Crippen LogP contribution is -1.89. The molecule has 0 radical (unpaired) electrons. The maximum Gasteiger partial charge on any atom is 0.0202 e. The third kappa shape index (κ3) is 1.23. The molecule has 40 valence electrons. The molecule has 0 nitrogen and oxygen atoms in total. The van der Waals surface area contributed by atoms with Crippen LogP contribution in [0, 0.1) is 5.92 Å². The lowest BCUT2D eigenvalue weighted by molar-refractivity contribution is 0.711. The van der Waals surface area contributed by atoms with E-state index in [0.29, 0.717) is 5.25 Å². The predicted molar refractivity (Wildman–Crippen MR) is 35.7 cm³/mol. The Balaban J connectivity index is 2.42. The van der Waals surface area contributed by atoms with Crippen LogP contribution in [-0.4, -0.2) is 5.25 Å². The summed E-state index contributed by atoms with van der Waals surface area (Å²) in [5, 5.41) is 0.537. The quantitative estimate of drug-likeness (QED) is 0.361. The van der Waals surface area contributed by atoms with Gasteiger partial charge >= 0.3 is 0 Å². The fourth-order valence-corrected chi connectivity index (χ4v) is 1.29. The van der Waals surface area contributed by atoms with Crippen molar-refractivity contribution in [2.24, 2.45) is 5.92 Å². The van der Waals surface area contributed by atoms with Gasteiger partial charge < -0.3 is 0 Å². The minimum Gasteiger partial charge on any atom is -0.172 e. The van der Waals surface area contributed by atoms with E-state index < -0.39 is 0 Å². The van der Waals surface area contributed by atoms with Crippen molar-refractivity contribution in [1.82, 2.24) is 0 Å². The minimum atomic E-state index is 0.537. The number of rotatable bonds is 0. The summed E-state index contributed by atoms with van der Waals surface area (Å²) < 4.78 is 0. The zero-order valence-corrected chi connectivity index (χ0v) is 5.36. The Morgan fingerprint density at radius 2 is 2.29 bits per heavy atom. The summed E-state index contributed by atoms with van der Waals surface area (Å²) in [5.41, 5.74) is 0. The second-order valence-electron chi connectivity index (χ2n) is 2.17. The van der Waals surface area contributed by atoms with Gasteiger partial charge in [0.2, 0.25) is 0 Å². The smallest absolute Gasteiger partial charge is 0.0202 e.